The molecule has 1 heterocycles. The second-order valence-corrected chi connectivity index (χ2v) is 5.20. The lowest BCUT2D eigenvalue weighted by Gasteiger charge is -2.22. The Morgan fingerprint density at radius 3 is 2.65 bits per heavy atom. The summed E-state index contributed by atoms with van der Waals surface area (Å²) in [5.74, 6) is 1.13. The first-order chi connectivity index (χ1) is 8.38. The number of benzene rings is 1. The van der Waals surface area contributed by atoms with Crippen molar-refractivity contribution in [2.75, 3.05) is 13.7 Å². The summed E-state index contributed by atoms with van der Waals surface area (Å²) in [4.78, 5) is 0. The van der Waals surface area contributed by atoms with Gasteiger partial charge in [-0.05, 0) is 62.8 Å². The molecule has 3 rings (SSSR count). The Morgan fingerprint density at radius 1 is 1.12 bits per heavy atom. The third-order valence-corrected chi connectivity index (χ3v) is 4.09. The van der Waals surface area contributed by atoms with Gasteiger partial charge in [-0.25, -0.2) is 0 Å². The average molecular weight is 231 g/mol. The predicted molar refractivity (Wildman–Crippen MR) is 69.6 cm³/mol. The number of hydrogen-bond acceptors (Lipinski definition) is 2. The van der Waals surface area contributed by atoms with Crippen molar-refractivity contribution < 1.29 is 4.74 Å². The summed E-state index contributed by atoms with van der Waals surface area (Å²) in [7, 11) is 2.05. The Morgan fingerprint density at radius 2 is 1.88 bits per heavy atom. The summed E-state index contributed by atoms with van der Waals surface area (Å²) in [6.45, 7) is 0.865. The molecule has 0 spiro atoms. The smallest absolute Gasteiger partial charge is 0.124 e. The molecule has 17 heavy (non-hydrogen) atoms. The van der Waals surface area contributed by atoms with Crippen LogP contribution in [0.3, 0.4) is 0 Å². The molecule has 0 aromatic heterocycles. The molecule has 1 aliphatic carbocycles. The number of aryl methyl sites for hydroxylation is 2. The van der Waals surface area contributed by atoms with E-state index < -0.39 is 0 Å². The van der Waals surface area contributed by atoms with Crippen LogP contribution < -0.4 is 10.1 Å². The molecule has 0 fully saturated rings. The van der Waals surface area contributed by atoms with Gasteiger partial charge in [0.05, 0.1) is 6.61 Å². The molecule has 2 aliphatic rings. The van der Waals surface area contributed by atoms with Crippen molar-refractivity contribution in [1.29, 1.82) is 0 Å². The molecule has 0 bridgehead atoms. The summed E-state index contributed by atoms with van der Waals surface area (Å²) in [6.07, 6.45) is 7.49. The molecule has 1 unspecified atom stereocenters. The zero-order chi connectivity index (χ0) is 11.7. The lowest BCUT2D eigenvalue weighted by Crippen LogP contribution is -2.16. The molecular weight excluding hydrogens is 210 g/mol. The molecule has 1 aromatic carbocycles. The van der Waals surface area contributed by atoms with Crippen molar-refractivity contribution in [1.82, 2.24) is 5.32 Å². The standard InChI is InChI=1S/C15H21NO/c1-16-14-7-4-8-17-15-10-12-6-3-2-5-11(12)9-13(14)15/h9-10,14,16H,2-8H2,1H3. The Bertz CT molecular complexity index is 414. The minimum Gasteiger partial charge on any atom is -0.493 e. The van der Waals surface area contributed by atoms with Crippen molar-refractivity contribution in [2.24, 2.45) is 0 Å². The third kappa shape index (κ3) is 2.06. The Balaban J connectivity index is 2.04. The van der Waals surface area contributed by atoms with E-state index in [2.05, 4.69) is 24.5 Å². The van der Waals surface area contributed by atoms with Crippen LogP contribution in [0.2, 0.25) is 0 Å². The van der Waals surface area contributed by atoms with Gasteiger partial charge in [0.2, 0.25) is 0 Å². The maximum atomic E-state index is 5.91. The van der Waals surface area contributed by atoms with Crippen LogP contribution in [-0.4, -0.2) is 13.7 Å². The Kier molecular flexibility index (Phi) is 3.06. The maximum Gasteiger partial charge on any atom is 0.124 e. The van der Waals surface area contributed by atoms with Gasteiger partial charge in [-0.15, -0.1) is 0 Å². The molecule has 0 amide bonds. The minimum absolute atomic E-state index is 0.472. The van der Waals surface area contributed by atoms with Gasteiger partial charge in [0.25, 0.3) is 0 Å². The lowest BCUT2D eigenvalue weighted by atomic mass is 9.88. The summed E-state index contributed by atoms with van der Waals surface area (Å²) < 4.78 is 5.91. The third-order valence-electron chi connectivity index (χ3n) is 4.09. The van der Waals surface area contributed by atoms with E-state index in [0.717, 1.165) is 18.8 Å². The van der Waals surface area contributed by atoms with E-state index in [4.69, 9.17) is 4.74 Å². The normalized spacial score (nSPS) is 23.2. The number of ether oxygens (including phenoxy) is 1. The minimum atomic E-state index is 0.472. The van der Waals surface area contributed by atoms with Crippen LogP contribution in [0.5, 0.6) is 5.75 Å². The van der Waals surface area contributed by atoms with Crippen LogP contribution in [0.1, 0.15) is 48.4 Å². The molecular formula is C15H21NO. The number of hydrogen-bond donors (Lipinski definition) is 1. The van der Waals surface area contributed by atoms with Gasteiger partial charge >= 0.3 is 0 Å². The first kappa shape index (κ1) is 11.1. The highest BCUT2D eigenvalue weighted by atomic mass is 16.5. The second kappa shape index (κ2) is 4.69. The van der Waals surface area contributed by atoms with Crippen LogP contribution >= 0.6 is 0 Å². The molecule has 1 N–H and O–H groups in total. The van der Waals surface area contributed by atoms with E-state index in [-0.39, 0.29) is 0 Å². The van der Waals surface area contributed by atoms with Crippen LogP contribution in [0.4, 0.5) is 0 Å². The van der Waals surface area contributed by atoms with Crippen molar-refractivity contribution >= 4 is 0 Å². The van der Waals surface area contributed by atoms with Crippen molar-refractivity contribution in [3.63, 3.8) is 0 Å². The summed E-state index contributed by atoms with van der Waals surface area (Å²) in [6, 6.07) is 5.18. The zero-order valence-electron chi connectivity index (χ0n) is 10.6. The maximum absolute atomic E-state index is 5.91. The molecule has 2 nitrogen and oxygen atoms in total. The van der Waals surface area contributed by atoms with Gasteiger partial charge in [0.1, 0.15) is 5.75 Å². The first-order valence-electron chi connectivity index (χ1n) is 6.84. The van der Waals surface area contributed by atoms with Gasteiger partial charge in [0, 0.05) is 11.6 Å². The first-order valence-corrected chi connectivity index (χ1v) is 6.84. The van der Waals surface area contributed by atoms with E-state index in [1.165, 1.54) is 43.2 Å². The molecule has 0 saturated carbocycles. The van der Waals surface area contributed by atoms with Crippen LogP contribution in [0.25, 0.3) is 0 Å². The number of fused-ring (bicyclic) bond motifs is 2. The topological polar surface area (TPSA) is 21.3 Å². The van der Waals surface area contributed by atoms with Gasteiger partial charge in [-0.2, -0.15) is 0 Å². The van der Waals surface area contributed by atoms with E-state index >= 15 is 0 Å². The fourth-order valence-corrected chi connectivity index (χ4v) is 3.10. The summed E-state index contributed by atoms with van der Waals surface area (Å²) in [5, 5.41) is 3.43. The van der Waals surface area contributed by atoms with Gasteiger partial charge in [0.15, 0.2) is 0 Å². The Labute approximate surface area is 103 Å². The van der Waals surface area contributed by atoms with E-state index in [1.54, 1.807) is 5.56 Å². The zero-order valence-corrected chi connectivity index (χ0v) is 10.6. The number of nitrogens with one attached hydrogen (secondary N) is 1. The SMILES string of the molecule is CNC1CCCOc2cc3c(cc21)CCCC3. The van der Waals surface area contributed by atoms with Crippen LogP contribution in [0, 0.1) is 0 Å². The highest BCUT2D eigenvalue weighted by molar-refractivity contribution is 5.45. The molecule has 92 valence electrons. The Hall–Kier alpha value is -1.02. The molecule has 1 aliphatic heterocycles. The molecule has 2 heteroatoms. The molecule has 0 saturated heterocycles. The van der Waals surface area contributed by atoms with Crippen molar-refractivity contribution in [2.45, 2.75) is 44.6 Å². The van der Waals surface area contributed by atoms with Gasteiger partial charge < -0.3 is 10.1 Å². The van der Waals surface area contributed by atoms with Crippen LogP contribution in [-0.2, 0) is 12.8 Å². The predicted octanol–water partition coefficient (Wildman–Crippen LogP) is 3.00. The second-order valence-electron chi connectivity index (χ2n) is 5.20. The fourth-order valence-electron chi connectivity index (χ4n) is 3.10. The molecule has 1 aromatic rings. The van der Waals surface area contributed by atoms with Gasteiger partial charge in [-0.1, -0.05) is 6.07 Å². The quantitative estimate of drug-likeness (QED) is 0.802. The molecule has 0 radical (unpaired) electrons. The van der Waals surface area contributed by atoms with Gasteiger partial charge in [-0.3, -0.25) is 0 Å². The largest absolute Gasteiger partial charge is 0.493 e. The summed E-state index contributed by atoms with van der Waals surface area (Å²) in [5.41, 5.74) is 4.46. The van der Waals surface area contributed by atoms with Crippen molar-refractivity contribution in [3.8, 4) is 5.75 Å². The molecule has 1 atom stereocenters. The average Bonchev–Trinajstić information content (AvgIpc) is 2.57. The monoisotopic (exact) mass is 231 g/mol. The highest BCUT2D eigenvalue weighted by Gasteiger charge is 2.21. The van der Waals surface area contributed by atoms with Crippen molar-refractivity contribution in [3.05, 3.63) is 28.8 Å². The van der Waals surface area contributed by atoms with E-state index in [9.17, 15) is 0 Å². The van der Waals surface area contributed by atoms with E-state index in [0.29, 0.717) is 6.04 Å². The van der Waals surface area contributed by atoms with Crippen LogP contribution in [0.15, 0.2) is 12.1 Å². The van der Waals surface area contributed by atoms with E-state index in [1.807, 2.05) is 0 Å². The summed E-state index contributed by atoms with van der Waals surface area (Å²) >= 11 is 0. The fraction of sp³-hybridized carbons (Fsp3) is 0.600. The number of rotatable bonds is 1. The lowest BCUT2D eigenvalue weighted by molar-refractivity contribution is 0.315. The highest BCUT2D eigenvalue weighted by Crippen LogP contribution is 2.36.